The lowest BCUT2D eigenvalue weighted by molar-refractivity contribution is 0.0601. The second-order valence-corrected chi connectivity index (χ2v) is 4.03. The summed E-state index contributed by atoms with van der Waals surface area (Å²) in [7, 11) is 1.31. The molecule has 5 heteroatoms. The van der Waals surface area contributed by atoms with Crippen molar-refractivity contribution >= 4 is 17.6 Å². The Morgan fingerprint density at radius 2 is 2.06 bits per heavy atom. The van der Waals surface area contributed by atoms with Crippen LogP contribution in [-0.2, 0) is 4.74 Å². The lowest BCUT2D eigenvalue weighted by Gasteiger charge is -2.06. The highest BCUT2D eigenvalue weighted by atomic mass is 35.5. The summed E-state index contributed by atoms with van der Waals surface area (Å²) in [5.74, 6) is -0.453. The van der Waals surface area contributed by atoms with E-state index in [9.17, 15) is 9.59 Å². The van der Waals surface area contributed by atoms with Gasteiger partial charge in [0.1, 0.15) is 0 Å². The van der Waals surface area contributed by atoms with Crippen LogP contribution >= 0.6 is 11.6 Å². The number of pyridine rings is 1. The largest absolute Gasteiger partial charge is 0.465 e. The lowest BCUT2D eigenvalue weighted by Crippen LogP contribution is -2.02. The van der Waals surface area contributed by atoms with Gasteiger partial charge in [-0.2, -0.15) is 0 Å². The summed E-state index contributed by atoms with van der Waals surface area (Å²) in [6.45, 7) is 0. The molecule has 0 saturated carbocycles. The highest BCUT2D eigenvalue weighted by molar-refractivity contribution is 6.33. The van der Waals surface area contributed by atoms with Crippen molar-refractivity contribution < 1.29 is 9.53 Å². The van der Waals surface area contributed by atoms with E-state index in [-0.39, 0.29) is 5.43 Å². The zero-order valence-electron chi connectivity index (χ0n) is 9.57. The van der Waals surface area contributed by atoms with Crippen molar-refractivity contribution in [3.05, 3.63) is 57.3 Å². The Morgan fingerprint density at radius 3 is 2.72 bits per heavy atom. The van der Waals surface area contributed by atoms with Crippen molar-refractivity contribution in [3.63, 3.8) is 0 Å². The average Bonchev–Trinajstić information content (AvgIpc) is 2.38. The maximum absolute atomic E-state index is 11.4. The third-order valence-electron chi connectivity index (χ3n) is 2.45. The molecular formula is C13H10ClNO3. The molecule has 92 valence electrons. The van der Waals surface area contributed by atoms with Crippen LogP contribution in [0.1, 0.15) is 10.4 Å². The van der Waals surface area contributed by atoms with Gasteiger partial charge in [0.25, 0.3) is 0 Å². The Morgan fingerprint density at radius 1 is 1.28 bits per heavy atom. The molecular weight excluding hydrogens is 254 g/mol. The van der Waals surface area contributed by atoms with Gasteiger partial charge in [-0.05, 0) is 18.2 Å². The van der Waals surface area contributed by atoms with E-state index in [2.05, 4.69) is 9.72 Å². The van der Waals surface area contributed by atoms with E-state index in [1.165, 1.54) is 25.4 Å². The minimum Gasteiger partial charge on any atom is -0.465 e. The first-order valence-corrected chi connectivity index (χ1v) is 5.56. The second-order valence-electron chi connectivity index (χ2n) is 3.62. The predicted molar refractivity (Wildman–Crippen MR) is 68.8 cm³/mol. The number of carbonyl (C=O) groups excluding carboxylic acids is 1. The van der Waals surface area contributed by atoms with E-state index in [0.29, 0.717) is 21.8 Å². The molecule has 0 saturated heterocycles. The highest BCUT2D eigenvalue weighted by Gasteiger charge is 2.10. The number of methoxy groups -OCH3 is 1. The summed E-state index contributed by atoms with van der Waals surface area (Å²) in [6, 6.07) is 7.57. The van der Waals surface area contributed by atoms with Gasteiger partial charge < -0.3 is 9.72 Å². The maximum atomic E-state index is 11.4. The van der Waals surface area contributed by atoms with Gasteiger partial charge in [-0.1, -0.05) is 11.6 Å². The number of aromatic amines is 1. The molecule has 0 aliphatic heterocycles. The summed E-state index contributed by atoms with van der Waals surface area (Å²) in [5.41, 5.74) is 1.38. The van der Waals surface area contributed by atoms with Crippen LogP contribution in [-0.4, -0.2) is 18.1 Å². The topological polar surface area (TPSA) is 59.2 Å². The molecule has 18 heavy (non-hydrogen) atoms. The fourth-order valence-electron chi connectivity index (χ4n) is 1.58. The maximum Gasteiger partial charge on any atom is 0.337 e. The molecule has 0 amide bonds. The van der Waals surface area contributed by atoms with E-state index >= 15 is 0 Å². The van der Waals surface area contributed by atoms with Crippen LogP contribution < -0.4 is 5.43 Å². The summed E-state index contributed by atoms with van der Waals surface area (Å²) < 4.78 is 4.64. The molecule has 1 aromatic carbocycles. The Balaban J connectivity index is 2.56. The number of ether oxygens (including phenoxy) is 1. The number of nitrogens with one attached hydrogen (secondary N) is 1. The van der Waals surface area contributed by atoms with E-state index < -0.39 is 5.97 Å². The number of hydrogen-bond donors (Lipinski definition) is 1. The fourth-order valence-corrected chi connectivity index (χ4v) is 1.80. The first-order chi connectivity index (χ1) is 8.61. The Bertz CT molecular complexity index is 649. The van der Waals surface area contributed by atoms with E-state index in [4.69, 9.17) is 11.6 Å². The first-order valence-electron chi connectivity index (χ1n) is 5.19. The summed E-state index contributed by atoms with van der Waals surface area (Å²) in [5, 5.41) is 0.449. The van der Waals surface area contributed by atoms with Crippen LogP contribution in [0.25, 0.3) is 11.3 Å². The van der Waals surface area contributed by atoms with Gasteiger partial charge in [-0.3, -0.25) is 4.79 Å². The van der Waals surface area contributed by atoms with Crippen LogP contribution in [0.5, 0.6) is 0 Å². The molecule has 0 atom stereocenters. The Hall–Kier alpha value is -2.07. The number of benzene rings is 1. The third kappa shape index (κ3) is 2.43. The summed E-state index contributed by atoms with van der Waals surface area (Å²) >= 11 is 6.06. The number of carbonyl (C=O) groups is 1. The van der Waals surface area contributed by atoms with Gasteiger partial charge in [-0.15, -0.1) is 0 Å². The fraction of sp³-hybridized carbons (Fsp3) is 0.0769. The monoisotopic (exact) mass is 263 g/mol. The number of aromatic nitrogens is 1. The van der Waals surface area contributed by atoms with Crippen molar-refractivity contribution in [1.29, 1.82) is 0 Å². The number of hydrogen-bond acceptors (Lipinski definition) is 3. The number of H-pyrrole nitrogens is 1. The van der Waals surface area contributed by atoms with Gasteiger partial charge in [-0.25, -0.2) is 4.79 Å². The quantitative estimate of drug-likeness (QED) is 0.847. The molecule has 1 heterocycles. The zero-order valence-corrected chi connectivity index (χ0v) is 10.3. The lowest BCUT2D eigenvalue weighted by atomic mass is 10.1. The first kappa shape index (κ1) is 12.4. The van der Waals surface area contributed by atoms with Crippen LogP contribution in [0.15, 0.2) is 41.3 Å². The van der Waals surface area contributed by atoms with Gasteiger partial charge in [0.2, 0.25) is 0 Å². The Kier molecular flexibility index (Phi) is 3.48. The van der Waals surface area contributed by atoms with Crippen molar-refractivity contribution in [1.82, 2.24) is 4.98 Å². The minimum absolute atomic E-state index is 0.136. The van der Waals surface area contributed by atoms with E-state index in [1.807, 2.05) is 0 Å². The second kappa shape index (κ2) is 5.06. The van der Waals surface area contributed by atoms with Gasteiger partial charge in [0.15, 0.2) is 5.43 Å². The van der Waals surface area contributed by atoms with Crippen molar-refractivity contribution in [2.75, 3.05) is 7.11 Å². The molecule has 0 aliphatic rings. The SMILES string of the molecule is COC(=O)c1ccc(Cl)c(-c2cc(=O)cc[nH]2)c1. The molecule has 0 spiro atoms. The minimum atomic E-state index is -0.453. The predicted octanol–water partition coefficient (Wildman–Crippen LogP) is 2.48. The molecule has 4 nitrogen and oxygen atoms in total. The van der Waals surface area contributed by atoms with E-state index in [1.54, 1.807) is 18.2 Å². The zero-order chi connectivity index (χ0) is 13.1. The molecule has 0 aliphatic carbocycles. The van der Waals surface area contributed by atoms with Crippen molar-refractivity contribution in [2.45, 2.75) is 0 Å². The highest BCUT2D eigenvalue weighted by Crippen LogP contribution is 2.26. The van der Waals surface area contributed by atoms with Crippen LogP contribution in [0, 0.1) is 0 Å². The summed E-state index contributed by atoms with van der Waals surface area (Å²) in [4.78, 5) is 25.6. The standard InChI is InChI=1S/C13H10ClNO3/c1-18-13(17)8-2-3-11(14)10(6-8)12-7-9(16)4-5-15-12/h2-7H,1H3,(H,15,16). The third-order valence-corrected chi connectivity index (χ3v) is 2.78. The molecule has 0 radical (unpaired) electrons. The normalized spacial score (nSPS) is 10.1. The number of esters is 1. The smallest absolute Gasteiger partial charge is 0.337 e. The number of halogens is 1. The molecule has 2 aromatic rings. The molecule has 0 bridgehead atoms. The number of rotatable bonds is 2. The van der Waals surface area contributed by atoms with Crippen LogP contribution in [0.4, 0.5) is 0 Å². The van der Waals surface area contributed by atoms with Gasteiger partial charge in [0, 0.05) is 28.9 Å². The van der Waals surface area contributed by atoms with Gasteiger partial charge >= 0.3 is 5.97 Å². The van der Waals surface area contributed by atoms with Crippen LogP contribution in [0.3, 0.4) is 0 Å². The molecule has 0 unspecified atom stereocenters. The molecule has 0 fully saturated rings. The summed E-state index contributed by atoms with van der Waals surface area (Å²) in [6.07, 6.45) is 1.53. The van der Waals surface area contributed by atoms with Gasteiger partial charge in [0.05, 0.1) is 18.4 Å². The van der Waals surface area contributed by atoms with E-state index in [0.717, 1.165) is 0 Å². The van der Waals surface area contributed by atoms with Crippen molar-refractivity contribution in [2.24, 2.45) is 0 Å². The molecule has 1 aromatic heterocycles. The average molecular weight is 264 g/mol. The van der Waals surface area contributed by atoms with Crippen molar-refractivity contribution in [3.8, 4) is 11.3 Å². The molecule has 2 rings (SSSR count). The molecule has 1 N–H and O–H groups in total. The van der Waals surface area contributed by atoms with Crippen LogP contribution in [0.2, 0.25) is 5.02 Å². The Labute approximate surface area is 108 Å².